The maximum atomic E-state index is 5.67. The van der Waals surface area contributed by atoms with Gasteiger partial charge in [-0.15, -0.1) is 11.6 Å². The van der Waals surface area contributed by atoms with Crippen molar-refractivity contribution >= 4 is 35.1 Å². The van der Waals surface area contributed by atoms with Gasteiger partial charge in [-0.05, 0) is 12.5 Å². The highest BCUT2D eigenvalue weighted by Crippen LogP contribution is 2.12. The predicted octanol–water partition coefficient (Wildman–Crippen LogP) is 2.35. The van der Waals surface area contributed by atoms with E-state index in [0.29, 0.717) is 11.6 Å². The Labute approximate surface area is 86.6 Å². The summed E-state index contributed by atoms with van der Waals surface area (Å²) in [7, 11) is 0. The Kier molecular flexibility index (Phi) is 3.99. The van der Waals surface area contributed by atoms with E-state index in [1.54, 1.807) is 12.3 Å². The van der Waals surface area contributed by atoms with E-state index in [9.17, 15) is 0 Å². The van der Waals surface area contributed by atoms with Crippen molar-refractivity contribution < 1.29 is 0 Å². The fraction of sp³-hybridized carbons (Fsp3) is 0.250. The first-order chi connectivity index (χ1) is 6.24. The molecule has 0 spiro atoms. The van der Waals surface area contributed by atoms with Crippen LogP contribution >= 0.6 is 23.2 Å². The molecule has 5 heteroatoms. The van der Waals surface area contributed by atoms with Crippen molar-refractivity contribution in [2.24, 2.45) is 0 Å². The normalized spacial score (nSPS) is 10.9. The van der Waals surface area contributed by atoms with Gasteiger partial charge in [0.2, 0.25) is 0 Å². The lowest BCUT2D eigenvalue weighted by Gasteiger charge is -1.96. The van der Waals surface area contributed by atoms with Crippen molar-refractivity contribution in [3.63, 3.8) is 0 Å². The average molecular weight is 218 g/mol. The average Bonchev–Trinajstić information content (AvgIpc) is 2.12. The Hall–Kier alpha value is -0.800. The molecule has 0 unspecified atom stereocenters. The summed E-state index contributed by atoms with van der Waals surface area (Å²) in [5, 5.41) is 0.230. The fourth-order valence-electron chi connectivity index (χ4n) is 0.736. The minimum atomic E-state index is 0.230. The monoisotopic (exact) mass is 217 g/mol. The number of hydrogen-bond donors (Lipinski definition) is 1. The molecule has 0 aliphatic heterocycles. The lowest BCUT2D eigenvalue weighted by Crippen LogP contribution is -1.94. The number of anilines is 1. The minimum Gasteiger partial charge on any atom is -0.381 e. The Bertz CT molecular complexity index is 312. The molecule has 13 heavy (non-hydrogen) atoms. The number of nitrogens with zero attached hydrogens (tertiary/aromatic N) is 2. The van der Waals surface area contributed by atoms with Gasteiger partial charge in [-0.1, -0.05) is 17.7 Å². The lowest BCUT2D eigenvalue weighted by molar-refractivity contribution is 1.18. The Morgan fingerprint density at radius 3 is 2.92 bits per heavy atom. The van der Waals surface area contributed by atoms with Crippen LogP contribution in [-0.4, -0.2) is 15.8 Å². The summed E-state index contributed by atoms with van der Waals surface area (Å²) in [4.78, 5) is 7.85. The SMILES string of the molecule is Nc1ncc(C=CCCCl)nc1Cl. The van der Waals surface area contributed by atoms with Gasteiger partial charge >= 0.3 is 0 Å². The van der Waals surface area contributed by atoms with Crippen molar-refractivity contribution in [2.45, 2.75) is 6.42 Å². The maximum absolute atomic E-state index is 5.67. The van der Waals surface area contributed by atoms with Crippen LogP contribution in [0.25, 0.3) is 6.08 Å². The van der Waals surface area contributed by atoms with Crippen LogP contribution in [0.2, 0.25) is 5.15 Å². The van der Waals surface area contributed by atoms with Crippen LogP contribution in [0.5, 0.6) is 0 Å². The highest BCUT2D eigenvalue weighted by Gasteiger charge is 1.97. The topological polar surface area (TPSA) is 51.8 Å². The van der Waals surface area contributed by atoms with Crippen molar-refractivity contribution in [3.8, 4) is 0 Å². The Morgan fingerprint density at radius 2 is 2.31 bits per heavy atom. The molecule has 0 bridgehead atoms. The number of hydrogen-bond acceptors (Lipinski definition) is 3. The van der Waals surface area contributed by atoms with E-state index in [1.807, 2.05) is 6.08 Å². The first kappa shape index (κ1) is 10.3. The zero-order valence-corrected chi connectivity index (χ0v) is 8.39. The fourth-order valence-corrected chi connectivity index (χ4v) is 1.01. The molecule has 0 atom stereocenters. The third-order valence-electron chi connectivity index (χ3n) is 1.34. The van der Waals surface area contributed by atoms with Gasteiger partial charge in [0.25, 0.3) is 0 Å². The minimum absolute atomic E-state index is 0.230. The molecule has 0 saturated heterocycles. The summed E-state index contributed by atoms with van der Waals surface area (Å²) in [5.41, 5.74) is 6.08. The second-order valence-corrected chi connectivity index (χ2v) is 3.09. The third-order valence-corrected chi connectivity index (χ3v) is 1.84. The van der Waals surface area contributed by atoms with Gasteiger partial charge in [0, 0.05) is 5.88 Å². The van der Waals surface area contributed by atoms with E-state index in [-0.39, 0.29) is 11.0 Å². The summed E-state index contributed by atoms with van der Waals surface area (Å²) in [6.07, 6.45) is 6.07. The van der Waals surface area contributed by atoms with Crippen LogP contribution in [0.4, 0.5) is 5.82 Å². The van der Waals surface area contributed by atoms with E-state index in [1.165, 1.54) is 0 Å². The van der Waals surface area contributed by atoms with Crippen LogP contribution in [0.15, 0.2) is 12.3 Å². The van der Waals surface area contributed by atoms with Crippen LogP contribution < -0.4 is 5.73 Å². The van der Waals surface area contributed by atoms with Crippen LogP contribution in [0, 0.1) is 0 Å². The van der Waals surface area contributed by atoms with Crippen LogP contribution in [0.1, 0.15) is 12.1 Å². The number of aromatic nitrogens is 2. The molecule has 0 aliphatic carbocycles. The summed E-state index contributed by atoms with van der Waals surface area (Å²) in [5.74, 6) is 0.836. The van der Waals surface area contributed by atoms with Crippen molar-refractivity contribution in [3.05, 3.63) is 23.1 Å². The van der Waals surface area contributed by atoms with Crippen molar-refractivity contribution in [1.29, 1.82) is 0 Å². The molecule has 70 valence electrons. The second-order valence-electron chi connectivity index (χ2n) is 2.35. The summed E-state index contributed by atoms with van der Waals surface area (Å²) < 4.78 is 0. The number of halogens is 2. The molecule has 0 amide bonds. The molecule has 0 fully saturated rings. The molecule has 1 rings (SSSR count). The van der Waals surface area contributed by atoms with Gasteiger partial charge in [-0.3, -0.25) is 0 Å². The number of rotatable bonds is 3. The first-order valence-corrected chi connectivity index (χ1v) is 4.66. The predicted molar refractivity (Wildman–Crippen MR) is 55.8 cm³/mol. The zero-order chi connectivity index (χ0) is 9.68. The number of nitrogen functional groups attached to an aromatic ring is 1. The van der Waals surface area contributed by atoms with Gasteiger partial charge in [-0.25, -0.2) is 9.97 Å². The van der Waals surface area contributed by atoms with Crippen molar-refractivity contribution in [2.75, 3.05) is 11.6 Å². The molecule has 1 aromatic heterocycles. The molecule has 1 heterocycles. The number of allylic oxidation sites excluding steroid dienone is 1. The van der Waals surface area contributed by atoms with Gasteiger partial charge in [0.15, 0.2) is 11.0 Å². The molecule has 1 aromatic rings. The standard InChI is InChI=1S/C8H9Cl2N3/c9-4-2-1-3-6-5-12-8(11)7(10)13-6/h1,3,5H,2,4H2,(H2,11,12). The maximum Gasteiger partial charge on any atom is 0.171 e. The van der Waals surface area contributed by atoms with Gasteiger partial charge in [0.1, 0.15) is 0 Å². The van der Waals surface area contributed by atoms with E-state index >= 15 is 0 Å². The molecule has 0 aromatic carbocycles. The molecule has 2 N–H and O–H groups in total. The first-order valence-electron chi connectivity index (χ1n) is 3.74. The molecule has 3 nitrogen and oxygen atoms in total. The van der Waals surface area contributed by atoms with Gasteiger partial charge in [-0.2, -0.15) is 0 Å². The number of nitrogens with two attached hydrogens (primary N) is 1. The van der Waals surface area contributed by atoms with E-state index in [0.717, 1.165) is 6.42 Å². The molecular weight excluding hydrogens is 209 g/mol. The molecular formula is C8H9Cl2N3. The highest BCUT2D eigenvalue weighted by molar-refractivity contribution is 6.31. The molecule has 0 aliphatic rings. The van der Waals surface area contributed by atoms with E-state index in [4.69, 9.17) is 28.9 Å². The van der Waals surface area contributed by atoms with Gasteiger partial charge < -0.3 is 5.73 Å². The quantitative estimate of drug-likeness (QED) is 0.792. The second kappa shape index (κ2) is 5.04. The molecule has 0 saturated carbocycles. The molecule has 0 radical (unpaired) electrons. The largest absolute Gasteiger partial charge is 0.381 e. The van der Waals surface area contributed by atoms with Gasteiger partial charge in [0.05, 0.1) is 11.9 Å². The smallest absolute Gasteiger partial charge is 0.171 e. The zero-order valence-electron chi connectivity index (χ0n) is 6.87. The Morgan fingerprint density at radius 1 is 1.54 bits per heavy atom. The van der Waals surface area contributed by atoms with Crippen molar-refractivity contribution in [1.82, 2.24) is 9.97 Å². The Balaban J connectivity index is 2.73. The van der Waals surface area contributed by atoms with Crippen LogP contribution in [-0.2, 0) is 0 Å². The van der Waals surface area contributed by atoms with E-state index < -0.39 is 0 Å². The third kappa shape index (κ3) is 3.20. The summed E-state index contributed by atoms with van der Waals surface area (Å²) >= 11 is 11.2. The number of alkyl halides is 1. The summed E-state index contributed by atoms with van der Waals surface area (Å²) in [6.45, 7) is 0. The lowest BCUT2D eigenvalue weighted by atomic mass is 10.3. The summed E-state index contributed by atoms with van der Waals surface area (Å²) in [6, 6.07) is 0. The van der Waals surface area contributed by atoms with E-state index in [2.05, 4.69) is 9.97 Å². The highest BCUT2D eigenvalue weighted by atomic mass is 35.5. The van der Waals surface area contributed by atoms with Crippen LogP contribution in [0.3, 0.4) is 0 Å².